The molecule has 0 spiro atoms. The molecule has 0 fully saturated rings. The minimum Gasteiger partial charge on any atom is -0.493 e. The minimum atomic E-state index is 0.437. The Bertz CT molecular complexity index is 596. The van der Waals surface area contributed by atoms with Gasteiger partial charge in [0.15, 0.2) is 0 Å². The standard InChI is InChI=1S/C20H24Cl2O/c1-2-3-4-8-11-23-20-13-17(14-21)19(12-18(20)15-22)16-9-6-5-7-10-16/h5-7,9-10,12-13H,2-4,8,11,14-15H2,1H3. The summed E-state index contributed by atoms with van der Waals surface area (Å²) in [6, 6.07) is 14.4. The zero-order valence-corrected chi connectivity index (χ0v) is 15.2. The SMILES string of the molecule is CCCCCCOc1cc(CCl)c(-c2ccccc2)cc1CCl. The zero-order valence-electron chi connectivity index (χ0n) is 13.7. The summed E-state index contributed by atoms with van der Waals surface area (Å²) in [6.07, 6.45) is 4.77. The largest absolute Gasteiger partial charge is 0.493 e. The van der Waals surface area contributed by atoms with Crippen molar-refractivity contribution >= 4 is 23.2 Å². The summed E-state index contributed by atoms with van der Waals surface area (Å²) in [5.74, 6) is 1.76. The maximum Gasteiger partial charge on any atom is 0.124 e. The molecule has 3 heteroatoms. The Morgan fingerprint density at radius 2 is 1.61 bits per heavy atom. The van der Waals surface area contributed by atoms with Crippen molar-refractivity contribution in [2.45, 2.75) is 44.4 Å². The number of benzene rings is 2. The number of ether oxygens (including phenoxy) is 1. The highest BCUT2D eigenvalue weighted by Gasteiger charge is 2.11. The molecular formula is C20H24Cl2O. The molecule has 0 heterocycles. The van der Waals surface area contributed by atoms with E-state index in [-0.39, 0.29) is 0 Å². The molecule has 2 aromatic carbocycles. The van der Waals surface area contributed by atoms with Gasteiger partial charge in [-0.1, -0.05) is 56.5 Å². The Labute approximate surface area is 149 Å². The van der Waals surface area contributed by atoms with Crippen LogP contribution in [0.1, 0.15) is 43.7 Å². The van der Waals surface area contributed by atoms with Crippen LogP contribution in [0.4, 0.5) is 0 Å². The van der Waals surface area contributed by atoms with Crippen LogP contribution in [0, 0.1) is 0 Å². The van der Waals surface area contributed by atoms with Gasteiger partial charge in [0.1, 0.15) is 5.75 Å². The van der Waals surface area contributed by atoms with Crippen molar-refractivity contribution in [1.29, 1.82) is 0 Å². The van der Waals surface area contributed by atoms with E-state index in [1.165, 1.54) is 19.3 Å². The average Bonchev–Trinajstić information content (AvgIpc) is 2.61. The van der Waals surface area contributed by atoms with Crippen molar-refractivity contribution in [3.05, 3.63) is 53.6 Å². The number of hydrogen-bond acceptors (Lipinski definition) is 1. The lowest BCUT2D eigenvalue weighted by atomic mass is 9.98. The molecule has 124 valence electrons. The molecule has 2 aromatic rings. The predicted octanol–water partition coefficient (Wildman–Crippen LogP) is 6.79. The van der Waals surface area contributed by atoms with Crippen molar-refractivity contribution in [2.24, 2.45) is 0 Å². The van der Waals surface area contributed by atoms with E-state index in [0.717, 1.165) is 41.0 Å². The van der Waals surface area contributed by atoms with Gasteiger partial charge in [0, 0.05) is 11.4 Å². The Balaban J connectivity index is 2.20. The van der Waals surface area contributed by atoms with Crippen LogP contribution in [-0.2, 0) is 11.8 Å². The van der Waals surface area contributed by atoms with Gasteiger partial charge in [0.2, 0.25) is 0 Å². The van der Waals surface area contributed by atoms with E-state index in [1.807, 2.05) is 24.3 Å². The zero-order chi connectivity index (χ0) is 16.5. The molecule has 0 aromatic heterocycles. The number of rotatable bonds is 9. The minimum absolute atomic E-state index is 0.437. The lowest BCUT2D eigenvalue weighted by molar-refractivity contribution is 0.302. The second-order valence-electron chi connectivity index (χ2n) is 5.66. The summed E-state index contributed by atoms with van der Waals surface area (Å²) in [6.45, 7) is 2.94. The summed E-state index contributed by atoms with van der Waals surface area (Å²) < 4.78 is 5.96. The molecule has 0 unspecified atom stereocenters. The fraction of sp³-hybridized carbons (Fsp3) is 0.400. The van der Waals surface area contributed by atoms with Crippen molar-refractivity contribution in [2.75, 3.05) is 6.61 Å². The Kier molecular flexibility index (Phi) is 7.78. The molecule has 0 atom stereocenters. The molecule has 0 saturated carbocycles. The molecule has 0 amide bonds. The van der Waals surface area contributed by atoms with Gasteiger partial charge in [-0.3, -0.25) is 0 Å². The van der Waals surface area contributed by atoms with E-state index in [1.54, 1.807) is 0 Å². The van der Waals surface area contributed by atoms with Crippen LogP contribution in [0.5, 0.6) is 5.75 Å². The first-order chi connectivity index (χ1) is 11.3. The molecule has 0 aliphatic heterocycles. The summed E-state index contributed by atoms with van der Waals surface area (Å²) in [5, 5.41) is 0. The van der Waals surface area contributed by atoms with E-state index in [4.69, 9.17) is 27.9 Å². The third-order valence-electron chi connectivity index (χ3n) is 3.91. The monoisotopic (exact) mass is 350 g/mol. The number of halogens is 2. The second-order valence-corrected chi connectivity index (χ2v) is 6.19. The number of unbranched alkanes of at least 4 members (excludes halogenated alkanes) is 3. The molecule has 0 aliphatic carbocycles. The number of alkyl halides is 2. The van der Waals surface area contributed by atoms with Gasteiger partial charge >= 0.3 is 0 Å². The summed E-state index contributed by atoms with van der Waals surface area (Å²) in [7, 11) is 0. The maximum absolute atomic E-state index is 6.16. The lowest BCUT2D eigenvalue weighted by Crippen LogP contribution is -2.01. The summed E-state index contributed by atoms with van der Waals surface area (Å²) >= 11 is 12.3. The van der Waals surface area contributed by atoms with Crippen molar-refractivity contribution < 1.29 is 4.74 Å². The van der Waals surface area contributed by atoms with Gasteiger partial charge in [0.05, 0.1) is 12.5 Å². The molecule has 23 heavy (non-hydrogen) atoms. The van der Waals surface area contributed by atoms with Crippen molar-refractivity contribution in [3.8, 4) is 16.9 Å². The highest BCUT2D eigenvalue weighted by Crippen LogP contribution is 2.33. The van der Waals surface area contributed by atoms with E-state index in [2.05, 4.69) is 25.1 Å². The quantitative estimate of drug-likeness (QED) is 0.357. The number of hydrogen-bond donors (Lipinski definition) is 0. The predicted molar refractivity (Wildman–Crippen MR) is 101 cm³/mol. The Morgan fingerprint density at radius 1 is 0.870 bits per heavy atom. The van der Waals surface area contributed by atoms with Gasteiger partial charge < -0.3 is 4.74 Å². The molecule has 0 radical (unpaired) electrons. The maximum atomic E-state index is 6.16. The fourth-order valence-corrected chi connectivity index (χ4v) is 3.04. The van der Waals surface area contributed by atoms with E-state index in [9.17, 15) is 0 Å². The highest BCUT2D eigenvalue weighted by molar-refractivity contribution is 6.18. The van der Waals surface area contributed by atoms with Gasteiger partial charge in [-0.15, -0.1) is 23.2 Å². The van der Waals surface area contributed by atoms with Gasteiger partial charge in [-0.25, -0.2) is 0 Å². The van der Waals surface area contributed by atoms with E-state index >= 15 is 0 Å². The lowest BCUT2D eigenvalue weighted by Gasteiger charge is -2.15. The van der Waals surface area contributed by atoms with Crippen LogP contribution >= 0.6 is 23.2 Å². The topological polar surface area (TPSA) is 9.23 Å². The first-order valence-electron chi connectivity index (χ1n) is 8.26. The normalized spacial score (nSPS) is 10.7. The molecule has 0 aliphatic rings. The molecule has 1 nitrogen and oxygen atoms in total. The van der Waals surface area contributed by atoms with Crippen LogP contribution in [0.25, 0.3) is 11.1 Å². The van der Waals surface area contributed by atoms with E-state index in [0.29, 0.717) is 11.8 Å². The van der Waals surface area contributed by atoms with Crippen molar-refractivity contribution in [1.82, 2.24) is 0 Å². The molecule has 0 bridgehead atoms. The molecule has 2 rings (SSSR count). The van der Waals surface area contributed by atoms with Crippen LogP contribution in [0.15, 0.2) is 42.5 Å². The highest BCUT2D eigenvalue weighted by atomic mass is 35.5. The van der Waals surface area contributed by atoms with Gasteiger partial charge in [-0.05, 0) is 35.2 Å². The molecule has 0 saturated heterocycles. The second kappa shape index (κ2) is 9.85. The average molecular weight is 351 g/mol. The molecule has 0 N–H and O–H groups in total. The Morgan fingerprint density at radius 3 is 2.26 bits per heavy atom. The van der Waals surface area contributed by atoms with Gasteiger partial charge in [-0.2, -0.15) is 0 Å². The van der Waals surface area contributed by atoms with Gasteiger partial charge in [0.25, 0.3) is 0 Å². The van der Waals surface area contributed by atoms with E-state index < -0.39 is 0 Å². The Hall–Kier alpha value is -1.18. The first-order valence-corrected chi connectivity index (χ1v) is 9.33. The van der Waals surface area contributed by atoms with Crippen LogP contribution < -0.4 is 4.74 Å². The summed E-state index contributed by atoms with van der Waals surface area (Å²) in [4.78, 5) is 0. The third kappa shape index (κ3) is 5.16. The van der Waals surface area contributed by atoms with Crippen LogP contribution in [-0.4, -0.2) is 6.61 Å². The molecular weight excluding hydrogens is 327 g/mol. The van der Waals surface area contributed by atoms with Crippen LogP contribution in [0.2, 0.25) is 0 Å². The summed E-state index contributed by atoms with van der Waals surface area (Å²) in [5.41, 5.74) is 4.39. The van der Waals surface area contributed by atoms with Crippen LogP contribution in [0.3, 0.4) is 0 Å². The smallest absolute Gasteiger partial charge is 0.124 e. The van der Waals surface area contributed by atoms with Crippen molar-refractivity contribution in [3.63, 3.8) is 0 Å². The first kappa shape index (κ1) is 18.2. The third-order valence-corrected chi connectivity index (χ3v) is 4.49. The fourth-order valence-electron chi connectivity index (χ4n) is 2.61.